The number of nitrogens with zero attached hydrogens (tertiary/aromatic N) is 4. The number of hydrogen-bond donors (Lipinski definition) is 2. The van der Waals surface area contributed by atoms with Crippen LogP contribution >= 0.6 is 0 Å². The van der Waals surface area contributed by atoms with Gasteiger partial charge in [0.1, 0.15) is 18.4 Å². The van der Waals surface area contributed by atoms with Gasteiger partial charge in [-0.05, 0) is 31.5 Å². The molecule has 8 nitrogen and oxygen atoms in total. The number of anilines is 1. The van der Waals surface area contributed by atoms with Crippen LogP contribution in [0.5, 0.6) is 0 Å². The highest BCUT2D eigenvalue weighted by molar-refractivity contribution is 5.88. The SMILES string of the molecule is Cc1cc(NC(=O)N[C@@H](C)c2ccc(-n3cncn3)cc2)no1. The van der Waals surface area contributed by atoms with Crippen LogP contribution in [0.25, 0.3) is 5.69 Å². The van der Waals surface area contributed by atoms with Gasteiger partial charge in [-0.15, -0.1) is 0 Å². The van der Waals surface area contributed by atoms with Crippen LogP contribution < -0.4 is 10.6 Å². The molecule has 0 fully saturated rings. The lowest BCUT2D eigenvalue weighted by Gasteiger charge is -2.14. The largest absolute Gasteiger partial charge is 0.360 e. The van der Waals surface area contributed by atoms with E-state index < -0.39 is 0 Å². The van der Waals surface area contributed by atoms with Crippen molar-refractivity contribution in [3.05, 3.63) is 54.3 Å². The number of aryl methyl sites for hydroxylation is 1. The summed E-state index contributed by atoms with van der Waals surface area (Å²) in [4.78, 5) is 15.8. The second-order valence-corrected chi connectivity index (χ2v) is 5.07. The molecule has 0 bridgehead atoms. The highest BCUT2D eigenvalue weighted by atomic mass is 16.5. The summed E-state index contributed by atoms with van der Waals surface area (Å²) < 4.78 is 6.57. The van der Waals surface area contributed by atoms with Crippen LogP contribution in [-0.4, -0.2) is 26.0 Å². The second kappa shape index (κ2) is 6.30. The van der Waals surface area contributed by atoms with Crippen LogP contribution in [-0.2, 0) is 0 Å². The number of benzene rings is 1. The highest BCUT2D eigenvalue weighted by Gasteiger charge is 2.11. The fourth-order valence-electron chi connectivity index (χ4n) is 2.11. The summed E-state index contributed by atoms with van der Waals surface area (Å²) in [5.74, 6) is 1.02. The second-order valence-electron chi connectivity index (χ2n) is 5.07. The molecule has 1 atom stereocenters. The van der Waals surface area contributed by atoms with Gasteiger partial charge >= 0.3 is 6.03 Å². The monoisotopic (exact) mass is 312 g/mol. The van der Waals surface area contributed by atoms with E-state index in [9.17, 15) is 4.79 Å². The molecule has 0 aliphatic heterocycles. The van der Waals surface area contributed by atoms with E-state index in [0.717, 1.165) is 11.3 Å². The summed E-state index contributed by atoms with van der Waals surface area (Å²) in [5.41, 5.74) is 1.88. The standard InChI is InChI=1S/C15H16N6O2/c1-10-7-14(20-23-10)19-15(22)18-11(2)12-3-5-13(6-4-12)21-9-16-8-17-21/h3-9,11H,1-2H3,(H2,18,19,20,22)/t11-/m0/s1. The normalized spacial score (nSPS) is 11.9. The van der Waals surface area contributed by atoms with Crippen molar-refractivity contribution in [2.75, 3.05) is 5.32 Å². The van der Waals surface area contributed by atoms with E-state index in [2.05, 4.69) is 25.9 Å². The summed E-state index contributed by atoms with van der Waals surface area (Å²) in [6, 6.07) is 8.85. The van der Waals surface area contributed by atoms with Gasteiger partial charge in [-0.3, -0.25) is 5.32 Å². The Hall–Kier alpha value is -3.16. The van der Waals surface area contributed by atoms with E-state index in [1.54, 1.807) is 24.0 Å². The van der Waals surface area contributed by atoms with Gasteiger partial charge in [-0.25, -0.2) is 14.5 Å². The molecule has 0 saturated carbocycles. The lowest BCUT2D eigenvalue weighted by Crippen LogP contribution is -2.31. The van der Waals surface area contributed by atoms with Crippen molar-refractivity contribution in [1.82, 2.24) is 25.2 Å². The Kier molecular flexibility index (Phi) is 4.05. The maximum absolute atomic E-state index is 11.9. The zero-order valence-corrected chi connectivity index (χ0v) is 12.7. The van der Waals surface area contributed by atoms with E-state index in [1.807, 2.05) is 31.2 Å². The van der Waals surface area contributed by atoms with Gasteiger partial charge in [-0.1, -0.05) is 17.3 Å². The molecule has 1 aromatic carbocycles. The van der Waals surface area contributed by atoms with Crippen molar-refractivity contribution in [2.24, 2.45) is 0 Å². The molecule has 0 unspecified atom stereocenters. The molecule has 2 amide bonds. The van der Waals surface area contributed by atoms with Crippen molar-refractivity contribution in [3.63, 3.8) is 0 Å². The Bertz CT molecular complexity index is 779. The molecule has 0 aliphatic carbocycles. The quantitative estimate of drug-likeness (QED) is 0.771. The first kappa shape index (κ1) is 14.8. The van der Waals surface area contributed by atoms with Crippen molar-refractivity contribution in [3.8, 4) is 5.69 Å². The van der Waals surface area contributed by atoms with Gasteiger partial charge < -0.3 is 9.84 Å². The van der Waals surface area contributed by atoms with Crippen LogP contribution in [0, 0.1) is 6.92 Å². The first-order valence-electron chi connectivity index (χ1n) is 7.07. The lowest BCUT2D eigenvalue weighted by molar-refractivity contribution is 0.249. The van der Waals surface area contributed by atoms with E-state index >= 15 is 0 Å². The molecular weight excluding hydrogens is 296 g/mol. The molecule has 23 heavy (non-hydrogen) atoms. The average molecular weight is 312 g/mol. The molecule has 3 rings (SSSR count). The summed E-state index contributed by atoms with van der Waals surface area (Å²) in [6.45, 7) is 3.66. The van der Waals surface area contributed by atoms with Crippen LogP contribution in [0.2, 0.25) is 0 Å². The summed E-state index contributed by atoms with van der Waals surface area (Å²) in [6.07, 6.45) is 3.11. The first-order chi connectivity index (χ1) is 11.1. The molecule has 3 aromatic rings. The minimum atomic E-state index is -0.342. The van der Waals surface area contributed by atoms with Crippen molar-refractivity contribution < 1.29 is 9.32 Å². The molecule has 0 radical (unpaired) electrons. The number of carbonyl (C=O) groups is 1. The van der Waals surface area contributed by atoms with Gasteiger partial charge in [-0.2, -0.15) is 5.10 Å². The van der Waals surface area contributed by atoms with E-state index in [1.165, 1.54) is 6.33 Å². The van der Waals surface area contributed by atoms with Gasteiger partial charge in [0.15, 0.2) is 5.82 Å². The van der Waals surface area contributed by atoms with Crippen molar-refractivity contribution >= 4 is 11.8 Å². The number of aromatic nitrogens is 4. The Labute approximate surface area is 132 Å². The minimum Gasteiger partial charge on any atom is -0.360 e. The van der Waals surface area contributed by atoms with Gasteiger partial charge in [0.05, 0.1) is 11.7 Å². The van der Waals surface area contributed by atoms with E-state index in [4.69, 9.17) is 4.52 Å². The number of nitrogens with one attached hydrogen (secondary N) is 2. The molecule has 2 heterocycles. The molecule has 0 saturated heterocycles. The van der Waals surface area contributed by atoms with Crippen LogP contribution in [0.3, 0.4) is 0 Å². The topological polar surface area (TPSA) is 97.9 Å². The Morgan fingerprint density at radius 2 is 2.09 bits per heavy atom. The highest BCUT2D eigenvalue weighted by Crippen LogP contribution is 2.15. The molecule has 0 spiro atoms. The number of rotatable bonds is 4. The third-order valence-corrected chi connectivity index (χ3v) is 3.29. The molecule has 118 valence electrons. The van der Waals surface area contributed by atoms with Gasteiger partial charge in [0.2, 0.25) is 0 Å². The third-order valence-electron chi connectivity index (χ3n) is 3.29. The third kappa shape index (κ3) is 3.54. The fourth-order valence-corrected chi connectivity index (χ4v) is 2.11. The van der Waals surface area contributed by atoms with Gasteiger partial charge in [0, 0.05) is 6.07 Å². The predicted octanol–water partition coefficient (Wildman–Crippen LogP) is 2.45. The summed E-state index contributed by atoms with van der Waals surface area (Å²) in [5, 5.41) is 13.2. The number of amides is 2. The van der Waals surface area contributed by atoms with Gasteiger partial charge in [0.25, 0.3) is 0 Å². The zero-order chi connectivity index (χ0) is 16.2. The Morgan fingerprint density at radius 3 is 2.70 bits per heavy atom. The van der Waals surface area contributed by atoms with E-state index in [0.29, 0.717) is 11.6 Å². The maximum atomic E-state index is 11.9. The van der Waals surface area contributed by atoms with Crippen LogP contribution in [0.1, 0.15) is 24.3 Å². The van der Waals surface area contributed by atoms with Crippen molar-refractivity contribution in [2.45, 2.75) is 19.9 Å². The smallest absolute Gasteiger partial charge is 0.320 e. The summed E-state index contributed by atoms with van der Waals surface area (Å²) in [7, 11) is 0. The van der Waals surface area contributed by atoms with Crippen LogP contribution in [0.15, 0.2) is 47.5 Å². The lowest BCUT2D eigenvalue weighted by atomic mass is 10.1. The molecule has 2 aromatic heterocycles. The minimum absolute atomic E-state index is 0.159. The number of carbonyl (C=O) groups excluding carboxylic acids is 1. The fraction of sp³-hybridized carbons (Fsp3) is 0.200. The molecule has 8 heteroatoms. The molecule has 0 aliphatic rings. The predicted molar refractivity (Wildman–Crippen MR) is 83.2 cm³/mol. The Balaban J connectivity index is 1.61. The van der Waals surface area contributed by atoms with Crippen LogP contribution in [0.4, 0.5) is 10.6 Å². The first-order valence-corrected chi connectivity index (χ1v) is 7.07. The maximum Gasteiger partial charge on any atom is 0.320 e. The van der Waals surface area contributed by atoms with Crippen molar-refractivity contribution in [1.29, 1.82) is 0 Å². The Morgan fingerprint density at radius 1 is 1.30 bits per heavy atom. The number of urea groups is 1. The zero-order valence-electron chi connectivity index (χ0n) is 12.7. The number of hydrogen-bond acceptors (Lipinski definition) is 5. The summed E-state index contributed by atoms with van der Waals surface area (Å²) >= 11 is 0. The van der Waals surface area contributed by atoms with E-state index in [-0.39, 0.29) is 12.1 Å². The molecular formula is C15H16N6O2. The average Bonchev–Trinajstić information content (AvgIpc) is 3.19. The molecule has 2 N–H and O–H groups in total.